The topological polar surface area (TPSA) is 0 Å². The monoisotopic (exact) mass is 194 g/mol. The molecule has 0 aliphatic heterocycles. The number of fused-ring (bicyclic) bond motifs is 3. The molecule has 1 aromatic heterocycles. The summed E-state index contributed by atoms with van der Waals surface area (Å²) in [6, 6.07) is 14.5. The summed E-state index contributed by atoms with van der Waals surface area (Å²) < 4.78 is 2.51. The van der Waals surface area contributed by atoms with Crippen molar-refractivity contribution in [3.05, 3.63) is 42.5 Å². The van der Waals surface area contributed by atoms with Crippen molar-refractivity contribution in [2.75, 3.05) is 0 Å². The van der Waals surface area contributed by atoms with Crippen molar-refractivity contribution in [3.63, 3.8) is 0 Å². The third-order valence-electron chi connectivity index (χ3n) is 2.43. The van der Waals surface area contributed by atoms with E-state index in [4.69, 9.17) is 7.85 Å². The summed E-state index contributed by atoms with van der Waals surface area (Å²) in [4.78, 5) is 0. The number of benzene rings is 2. The highest BCUT2D eigenvalue weighted by atomic mass is 32.1. The van der Waals surface area contributed by atoms with Gasteiger partial charge in [0.1, 0.15) is 7.85 Å². The Morgan fingerprint density at radius 2 is 1.64 bits per heavy atom. The van der Waals surface area contributed by atoms with Crippen molar-refractivity contribution in [1.82, 2.24) is 0 Å². The zero-order chi connectivity index (χ0) is 9.54. The smallest absolute Gasteiger partial charge is 0.115 e. The van der Waals surface area contributed by atoms with Gasteiger partial charge in [0.2, 0.25) is 0 Å². The Hall–Kier alpha value is -1.28. The number of rotatable bonds is 0. The van der Waals surface area contributed by atoms with Gasteiger partial charge in [0.15, 0.2) is 0 Å². The van der Waals surface area contributed by atoms with Crippen LogP contribution in [-0.2, 0) is 0 Å². The fourth-order valence-corrected chi connectivity index (χ4v) is 2.90. The molecule has 0 nitrogen and oxygen atoms in total. The summed E-state index contributed by atoms with van der Waals surface area (Å²) in [5.74, 6) is 0. The van der Waals surface area contributed by atoms with Gasteiger partial charge in [-0.15, -0.1) is 11.3 Å². The summed E-state index contributed by atoms with van der Waals surface area (Å²) in [6.07, 6.45) is 0. The average Bonchev–Trinajstić information content (AvgIpc) is 2.59. The summed E-state index contributed by atoms with van der Waals surface area (Å²) in [5, 5.41) is 2.57. The van der Waals surface area contributed by atoms with Crippen molar-refractivity contribution in [2.24, 2.45) is 0 Å². The molecule has 2 aromatic carbocycles. The normalized spacial score (nSPS) is 11.1. The van der Waals surface area contributed by atoms with Crippen LogP contribution in [0.4, 0.5) is 0 Å². The van der Waals surface area contributed by atoms with Crippen LogP contribution in [0.25, 0.3) is 20.2 Å². The predicted octanol–water partition coefficient (Wildman–Crippen LogP) is 2.85. The van der Waals surface area contributed by atoms with E-state index in [1.807, 2.05) is 12.1 Å². The van der Waals surface area contributed by atoms with E-state index in [-0.39, 0.29) is 0 Å². The van der Waals surface area contributed by atoms with Crippen molar-refractivity contribution in [1.29, 1.82) is 0 Å². The molecule has 0 bridgehead atoms. The Morgan fingerprint density at radius 3 is 2.57 bits per heavy atom. The molecule has 0 spiro atoms. The molecule has 0 saturated carbocycles. The summed E-state index contributed by atoms with van der Waals surface area (Å²) in [7, 11) is 5.93. The first-order valence-corrected chi connectivity index (χ1v) is 5.33. The van der Waals surface area contributed by atoms with Gasteiger partial charge in [-0.25, -0.2) is 0 Å². The molecule has 2 radical (unpaired) electrons. The van der Waals surface area contributed by atoms with E-state index in [1.54, 1.807) is 11.3 Å². The Kier molecular flexibility index (Phi) is 1.65. The van der Waals surface area contributed by atoms with Crippen LogP contribution in [0.1, 0.15) is 0 Å². The Labute approximate surface area is 87.6 Å². The summed E-state index contributed by atoms with van der Waals surface area (Å²) in [5.41, 5.74) is 0.878. The zero-order valence-corrected chi connectivity index (χ0v) is 8.34. The van der Waals surface area contributed by atoms with Gasteiger partial charge >= 0.3 is 0 Å². The predicted molar refractivity (Wildman–Crippen MR) is 64.7 cm³/mol. The van der Waals surface area contributed by atoms with Crippen molar-refractivity contribution in [3.8, 4) is 0 Å². The third kappa shape index (κ3) is 1.01. The standard InChI is InChI=1S/C12H7BS/c13-10-6-3-5-9-8-4-1-2-7-11(8)14-12(9)10/h1-7H. The second-order valence-electron chi connectivity index (χ2n) is 3.32. The molecule has 64 valence electrons. The minimum Gasteiger partial charge on any atom is -0.136 e. The molecule has 0 fully saturated rings. The SMILES string of the molecule is [B]c1cccc2c1sc1ccccc12. The first kappa shape index (κ1) is 8.07. The van der Waals surface area contributed by atoms with Gasteiger partial charge in [-0.05, 0) is 11.5 Å². The number of hydrogen-bond acceptors (Lipinski definition) is 1. The van der Waals surface area contributed by atoms with Gasteiger partial charge in [-0.3, -0.25) is 0 Å². The lowest BCUT2D eigenvalue weighted by Gasteiger charge is -1.93. The van der Waals surface area contributed by atoms with Gasteiger partial charge in [0.05, 0.1) is 0 Å². The van der Waals surface area contributed by atoms with Gasteiger partial charge in [-0.2, -0.15) is 0 Å². The quantitative estimate of drug-likeness (QED) is 0.482. The Bertz CT molecular complexity index is 610. The minimum atomic E-state index is 0.878. The number of thiophene rings is 1. The van der Waals surface area contributed by atoms with Crippen molar-refractivity contribution in [2.45, 2.75) is 0 Å². The molecule has 3 aromatic rings. The Balaban J connectivity index is 2.63. The second-order valence-corrected chi connectivity index (χ2v) is 4.37. The van der Waals surface area contributed by atoms with E-state index in [0.717, 1.165) is 5.46 Å². The Morgan fingerprint density at radius 1 is 0.857 bits per heavy atom. The first-order valence-electron chi connectivity index (χ1n) is 4.52. The van der Waals surface area contributed by atoms with Gasteiger partial charge in [0, 0.05) is 14.8 Å². The van der Waals surface area contributed by atoms with Crippen LogP contribution >= 0.6 is 11.3 Å². The van der Waals surface area contributed by atoms with Gasteiger partial charge in [0.25, 0.3) is 0 Å². The lowest BCUT2D eigenvalue weighted by molar-refractivity contribution is 1.86. The van der Waals surface area contributed by atoms with Crippen LogP contribution in [-0.4, -0.2) is 7.85 Å². The lowest BCUT2D eigenvalue weighted by Crippen LogP contribution is -1.99. The first-order chi connectivity index (χ1) is 6.86. The molecule has 0 aliphatic carbocycles. The third-order valence-corrected chi connectivity index (χ3v) is 3.67. The second kappa shape index (κ2) is 2.86. The highest BCUT2D eigenvalue weighted by molar-refractivity contribution is 7.26. The van der Waals surface area contributed by atoms with Crippen LogP contribution in [0.2, 0.25) is 0 Å². The van der Waals surface area contributed by atoms with Crippen LogP contribution in [0.15, 0.2) is 42.5 Å². The lowest BCUT2D eigenvalue weighted by atomic mass is 9.94. The molecule has 0 saturated heterocycles. The van der Waals surface area contributed by atoms with Crippen LogP contribution < -0.4 is 5.46 Å². The molecule has 2 heteroatoms. The maximum atomic E-state index is 5.93. The van der Waals surface area contributed by atoms with E-state index < -0.39 is 0 Å². The molecular formula is C12H7BS. The van der Waals surface area contributed by atoms with Crippen LogP contribution in [0.3, 0.4) is 0 Å². The van der Waals surface area contributed by atoms with E-state index >= 15 is 0 Å². The summed E-state index contributed by atoms with van der Waals surface area (Å²) >= 11 is 1.76. The largest absolute Gasteiger partial charge is 0.136 e. The van der Waals surface area contributed by atoms with E-state index in [9.17, 15) is 0 Å². The molecule has 0 atom stereocenters. The molecule has 0 aliphatic rings. The highest BCUT2D eigenvalue weighted by Gasteiger charge is 2.04. The van der Waals surface area contributed by atoms with E-state index in [2.05, 4.69) is 30.3 Å². The van der Waals surface area contributed by atoms with E-state index in [0.29, 0.717) is 0 Å². The zero-order valence-electron chi connectivity index (χ0n) is 7.53. The van der Waals surface area contributed by atoms with Crippen molar-refractivity contribution < 1.29 is 0 Å². The molecular weight excluding hydrogens is 187 g/mol. The van der Waals surface area contributed by atoms with Crippen LogP contribution in [0, 0.1) is 0 Å². The van der Waals surface area contributed by atoms with Gasteiger partial charge in [-0.1, -0.05) is 41.9 Å². The molecule has 3 rings (SSSR count). The summed E-state index contributed by atoms with van der Waals surface area (Å²) in [6.45, 7) is 0. The molecule has 0 amide bonds. The number of hydrogen-bond donors (Lipinski definition) is 0. The molecule has 0 unspecified atom stereocenters. The van der Waals surface area contributed by atoms with Crippen molar-refractivity contribution >= 4 is 44.8 Å². The average molecular weight is 194 g/mol. The fourth-order valence-electron chi connectivity index (χ4n) is 1.77. The highest BCUT2D eigenvalue weighted by Crippen LogP contribution is 2.31. The molecule has 14 heavy (non-hydrogen) atoms. The minimum absolute atomic E-state index is 0.878. The maximum Gasteiger partial charge on any atom is 0.115 e. The molecule has 1 heterocycles. The van der Waals surface area contributed by atoms with E-state index in [1.165, 1.54) is 20.2 Å². The maximum absolute atomic E-state index is 5.93. The molecule has 0 N–H and O–H groups in total. The van der Waals surface area contributed by atoms with Crippen LogP contribution in [0.5, 0.6) is 0 Å². The fraction of sp³-hybridized carbons (Fsp3) is 0. The van der Waals surface area contributed by atoms with Gasteiger partial charge < -0.3 is 0 Å².